The van der Waals surface area contributed by atoms with Gasteiger partial charge in [-0.15, -0.1) is 0 Å². The van der Waals surface area contributed by atoms with Crippen molar-refractivity contribution in [2.24, 2.45) is 5.92 Å². The van der Waals surface area contributed by atoms with Crippen LogP contribution in [0.5, 0.6) is 0 Å². The van der Waals surface area contributed by atoms with Crippen LogP contribution in [-0.2, 0) is 4.79 Å². The van der Waals surface area contributed by atoms with Crippen molar-refractivity contribution in [1.29, 1.82) is 0 Å². The topological polar surface area (TPSA) is 95.7 Å². The van der Waals surface area contributed by atoms with Crippen LogP contribution in [0.15, 0.2) is 18.3 Å². The number of aliphatic carboxylic acids is 1. The Morgan fingerprint density at radius 3 is 2.60 bits per heavy atom. The fourth-order valence-corrected chi connectivity index (χ4v) is 4.34. The maximum atomic E-state index is 12.8. The van der Waals surface area contributed by atoms with E-state index in [1.54, 1.807) is 12.1 Å². The van der Waals surface area contributed by atoms with Gasteiger partial charge < -0.3 is 15.7 Å². The number of nitrogens with zero attached hydrogens (tertiary/aromatic N) is 2. The lowest BCUT2D eigenvalue weighted by molar-refractivity contribution is -0.140. The summed E-state index contributed by atoms with van der Waals surface area (Å²) in [7, 11) is 0. The molecule has 2 saturated carbocycles. The predicted molar refractivity (Wildman–Crippen MR) is 116 cm³/mol. The molecule has 2 atom stereocenters. The van der Waals surface area contributed by atoms with E-state index >= 15 is 0 Å². The number of nitrogens with one attached hydrogen (secondary N) is 2. The molecule has 0 radical (unpaired) electrons. The van der Waals surface area contributed by atoms with E-state index in [1.807, 2.05) is 24.4 Å². The minimum absolute atomic E-state index is 0.144. The van der Waals surface area contributed by atoms with Gasteiger partial charge in [0, 0.05) is 23.7 Å². The molecule has 0 aliphatic heterocycles. The lowest BCUT2D eigenvalue weighted by atomic mass is 9.95. The molecule has 0 spiro atoms. The smallest absolute Gasteiger partial charge is 0.326 e. The molecule has 2 fully saturated rings. The van der Waals surface area contributed by atoms with Gasteiger partial charge in [0.25, 0.3) is 5.91 Å². The number of rotatable bonds is 8. The average molecular weight is 413 g/mol. The minimum atomic E-state index is -1.01. The van der Waals surface area contributed by atoms with Crippen molar-refractivity contribution in [1.82, 2.24) is 14.7 Å². The lowest BCUT2D eigenvalue weighted by Crippen LogP contribution is -2.45. The Balaban J connectivity index is 1.59. The summed E-state index contributed by atoms with van der Waals surface area (Å²) in [6.45, 7) is 3.76. The molecule has 2 aromatic rings. The lowest BCUT2D eigenvalue weighted by Gasteiger charge is -2.24. The Bertz CT molecular complexity index is 928. The van der Waals surface area contributed by atoms with Crippen LogP contribution in [-0.4, -0.2) is 38.5 Å². The van der Waals surface area contributed by atoms with E-state index in [0.29, 0.717) is 23.9 Å². The number of amides is 1. The number of imidazole rings is 1. The zero-order valence-electron chi connectivity index (χ0n) is 17.9. The summed E-state index contributed by atoms with van der Waals surface area (Å²) in [5, 5.41) is 15.9. The quantitative estimate of drug-likeness (QED) is 0.604. The number of carbonyl (C=O) groups is 2. The largest absolute Gasteiger partial charge is 0.480 e. The summed E-state index contributed by atoms with van der Waals surface area (Å²) >= 11 is 0. The molecule has 7 heteroatoms. The highest BCUT2D eigenvalue weighted by Crippen LogP contribution is 2.43. The van der Waals surface area contributed by atoms with E-state index in [4.69, 9.17) is 4.98 Å². The summed E-state index contributed by atoms with van der Waals surface area (Å²) in [4.78, 5) is 29.2. The van der Waals surface area contributed by atoms with Crippen LogP contribution in [0.4, 0.5) is 5.82 Å². The molecule has 30 heavy (non-hydrogen) atoms. The van der Waals surface area contributed by atoms with Gasteiger partial charge in [0.15, 0.2) is 0 Å². The number of fused-ring (bicyclic) bond motifs is 1. The van der Waals surface area contributed by atoms with Crippen molar-refractivity contribution in [3.05, 3.63) is 29.6 Å². The third-order valence-corrected chi connectivity index (χ3v) is 6.59. The molecule has 0 bridgehead atoms. The third kappa shape index (κ3) is 4.30. The van der Waals surface area contributed by atoms with Crippen LogP contribution >= 0.6 is 0 Å². The highest BCUT2D eigenvalue weighted by Gasteiger charge is 2.32. The Morgan fingerprint density at radius 2 is 1.97 bits per heavy atom. The molecule has 2 aromatic heterocycles. The van der Waals surface area contributed by atoms with Gasteiger partial charge in [-0.2, -0.15) is 0 Å². The van der Waals surface area contributed by atoms with Gasteiger partial charge in [-0.3, -0.25) is 9.20 Å². The first-order valence-corrected chi connectivity index (χ1v) is 11.3. The van der Waals surface area contributed by atoms with E-state index in [2.05, 4.69) is 10.6 Å². The molecule has 4 rings (SSSR count). The summed E-state index contributed by atoms with van der Waals surface area (Å²) in [6, 6.07) is 3.10. The molecular formula is C23H32N4O3. The Morgan fingerprint density at radius 1 is 1.23 bits per heavy atom. The molecule has 0 saturated heterocycles. The van der Waals surface area contributed by atoms with Crippen molar-refractivity contribution >= 4 is 23.3 Å². The number of carboxylic acid groups (broad SMARTS) is 1. The number of pyridine rings is 1. The second kappa shape index (κ2) is 8.66. The average Bonchev–Trinajstić information content (AvgIpc) is 3.54. The maximum Gasteiger partial charge on any atom is 0.326 e. The molecular weight excluding hydrogens is 380 g/mol. The molecule has 3 N–H and O–H groups in total. The fraction of sp³-hybridized carbons (Fsp3) is 0.609. The van der Waals surface area contributed by atoms with Crippen LogP contribution in [0.25, 0.3) is 5.65 Å². The van der Waals surface area contributed by atoms with E-state index in [1.165, 1.54) is 32.1 Å². The van der Waals surface area contributed by atoms with Gasteiger partial charge in [0.2, 0.25) is 0 Å². The van der Waals surface area contributed by atoms with E-state index in [-0.39, 0.29) is 11.8 Å². The maximum absolute atomic E-state index is 12.8. The number of aromatic nitrogens is 2. The molecule has 1 amide bonds. The van der Waals surface area contributed by atoms with Crippen LogP contribution < -0.4 is 10.6 Å². The van der Waals surface area contributed by atoms with Crippen LogP contribution in [0.1, 0.15) is 87.2 Å². The number of hydrogen-bond acceptors (Lipinski definition) is 4. The number of carbonyl (C=O) groups excluding carboxylic acids is 1. The second-order valence-corrected chi connectivity index (χ2v) is 8.92. The first-order valence-electron chi connectivity index (χ1n) is 11.3. The number of anilines is 1. The van der Waals surface area contributed by atoms with Gasteiger partial charge in [-0.25, -0.2) is 9.78 Å². The number of carboxylic acids is 1. The van der Waals surface area contributed by atoms with Gasteiger partial charge in [0.1, 0.15) is 17.5 Å². The molecule has 162 valence electrons. The summed E-state index contributed by atoms with van der Waals surface area (Å²) in [5.41, 5.74) is 2.27. The van der Waals surface area contributed by atoms with Crippen molar-refractivity contribution in [2.75, 3.05) is 5.32 Å². The first kappa shape index (κ1) is 20.7. The van der Waals surface area contributed by atoms with Crippen molar-refractivity contribution in [2.45, 2.75) is 83.2 Å². The highest BCUT2D eigenvalue weighted by atomic mass is 16.4. The number of hydrogen-bond donors (Lipinski definition) is 3. The molecule has 0 aromatic carbocycles. The van der Waals surface area contributed by atoms with Crippen molar-refractivity contribution in [3.8, 4) is 0 Å². The molecule has 2 aliphatic rings. The molecule has 2 unspecified atom stereocenters. The van der Waals surface area contributed by atoms with Gasteiger partial charge in [-0.05, 0) is 43.7 Å². The summed E-state index contributed by atoms with van der Waals surface area (Å²) < 4.78 is 2.04. The SMILES string of the molecule is CCC(C)C(NC(=O)c1ccn2c(NC3CCCCC3)c(C3CC3)nc2c1)C(=O)O. The van der Waals surface area contributed by atoms with Gasteiger partial charge in [-0.1, -0.05) is 39.5 Å². The Kier molecular flexibility index (Phi) is 5.97. The predicted octanol–water partition coefficient (Wildman–Crippen LogP) is 4.19. The summed E-state index contributed by atoms with van der Waals surface area (Å²) in [5.74, 6) is 0.0383. The van der Waals surface area contributed by atoms with Crippen molar-refractivity contribution < 1.29 is 14.7 Å². The standard InChI is InChI=1S/C23H32N4O3/c1-3-14(2)19(23(29)30)26-22(28)16-11-12-27-18(13-16)25-20(15-9-10-15)21(27)24-17-7-5-4-6-8-17/h11-15,17,19,24H,3-10H2,1-2H3,(H,26,28)(H,29,30). The van der Waals surface area contributed by atoms with Crippen LogP contribution in [0, 0.1) is 5.92 Å². The molecule has 2 aliphatic carbocycles. The zero-order chi connectivity index (χ0) is 21.3. The Hall–Kier alpha value is -2.57. The third-order valence-electron chi connectivity index (χ3n) is 6.59. The van der Waals surface area contributed by atoms with Crippen molar-refractivity contribution in [3.63, 3.8) is 0 Å². The van der Waals surface area contributed by atoms with Gasteiger partial charge >= 0.3 is 5.97 Å². The van der Waals surface area contributed by atoms with E-state index in [9.17, 15) is 14.7 Å². The van der Waals surface area contributed by atoms with Crippen LogP contribution in [0.2, 0.25) is 0 Å². The van der Waals surface area contributed by atoms with Crippen LogP contribution in [0.3, 0.4) is 0 Å². The highest BCUT2D eigenvalue weighted by molar-refractivity contribution is 5.97. The Labute approximate surface area is 177 Å². The second-order valence-electron chi connectivity index (χ2n) is 8.92. The fourth-order valence-electron chi connectivity index (χ4n) is 4.34. The normalized spacial score (nSPS) is 19.4. The summed E-state index contributed by atoms with van der Waals surface area (Å²) in [6.07, 6.45) is 11.1. The van der Waals surface area contributed by atoms with Gasteiger partial charge in [0.05, 0.1) is 5.69 Å². The first-order chi connectivity index (χ1) is 14.5. The monoisotopic (exact) mass is 412 g/mol. The molecule has 7 nitrogen and oxygen atoms in total. The minimum Gasteiger partial charge on any atom is -0.480 e. The molecule has 2 heterocycles. The van der Waals surface area contributed by atoms with E-state index in [0.717, 1.165) is 30.0 Å². The zero-order valence-corrected chi connectivity index (χ0v) is 17.9. The van der Waals surface area contributed by atoms with E-state index < -0.39 is 12.0 Å².